The van der Waals surface area contributed by atoms with Gasteiger partial charge in [-0.1, -0.05) is 48.5 Å². The quantitative estimate of drug-likeness (QED) is 0.355. The molecule has 0 fully saturated rings. The van der Waals surface area contributed by atoms with Crippen molar-refractivity contribution in [1.82, 2.24) is 19.8 Å². The maximum absolute atomic E-state index is 12.4. The SMILES string of the molecule is O=C(CSCc1ccccc1)Nc1cccc(-c2ccc3nnc(-c4cccs4)n3n2)c1. The minimum Gasteiger partial charge on any atom is -0.325 e. The zero-order valence-corrected chi connectivity index (χ0v) is 18.6. The van der Waals surface area contributed by atoms with Crippen LogP contribution in [0.5, 0.6) is 0 Å². The van der Waals surface area contributed by atoms with Gasteiger partial charge in [-0.2, -0.15) is 9.61 Å². The molecule has 0 saturated heterocycles. The fourth-order valence-electron chi connectivity index (χ4n) is 3.29. The fraction of sp³-hybridized carbons (Fsp3) is 0.0833. The molecule has 3 aromatic heterocycles. The van der Waals surface area contributed by atoms with Gasteiger partial charge in [0.25, 0.3) is 0 Å². The first-order valence-corrected chi connectivity index (χ1v) is 12.1. The van der Waals surface area contributed by atoms with Gasteiger partial charge in [-0.3, -0.25) is 4.79 Å². The third-order valence-electron chi connectivity index (χ3n) is 4.79. The predicted molar refractivity (Wildman–Crippen MR) is 131 cm³/mol. The van der Waals surface area contributed by atoms with Crippen LogP contribution in [0.1, 0.15) is 5.56 Å². The summed E-state index contributed by atoms with van der Waals surface area (Å²) in [5.74, 6) is 1.90. The maximum Gasteiger partial charge on any atom is 0.234 e. The first-order valence-electron chi connectivity index (χ1n) is 10.0. The van der Waals surface area contributed by atoms with Crippen LogP contribution in [0.15, 0.2) is 84.2 Å². The molecule has 158 valence electrons. The summed E-state index contributed by atoms with van der Waals surface area (Å²) >= 11 is 3.19. The van der Waals surface area contributed by atoms with Crippen molar-refractivity contribution >= 4 is 40.3 Å². The normalized spacial score (nSPS) is 11.0. The number of benzene rings is 2. The third-order valence-corrected chi connectivity index (χ3v) is 6.66. The summed E-state index contributed by atoms with van der Waals surface area (Å²) in [6.07, 6.45) is 0. The summed E-state index contributed by atoms with van der Waals surface area (Å²) in [6.45, 7) is 0. The van der Waals surface area contributed by atoms with Crippen LogP contribution in [0.2, 0.25) is 0 Å². The average molecular weight is 458 g/mol. The summed E-state index contributed by atoms with van der Waals surface area (Å²) in [4.78, 5) is 13.4. The lowest BCUT2D eigenvalue weighted by atomic mass is 10.1. The number of carbonyl (C=O) groups is 1. The molecular weight excluding hydrogens is 438 g/mol. The minimum absolute atomic E-state index is 0.0229. The molecule has 0 bridgehead atoms. The van der Waals surface area contributed by atoms with Gasteiger partial charge in [-0.25, -0.2) is 0 Å². The number of aromatic nitrogens is 4. The summed E-state index contributed by atoms with van der Waals surface area (Å²) in [5, 5.41) is 18.2. The molecule has 0 aliphatic heterocycles. The minimum atomic E-state index is -0.0229. The molecule has 0 atom stereocenters. The summed E-state index contributed by atoms with van der Waals surface area (Å²) in [5.41, 5.74) is 4.34. The maximum atomic E-state index is 12.4. The molecule has 0 unspecified atom stereocenters. The molecule has 5 rings (SSSR count). The van der Waals surface area contributed by atoms with Gasteiger partial charge in [0.2, 0.25) is 5.91 Å². The number of rotatable bonds is 7. The van der Waals surface area contributed by atoms with E-state index in [4.69, 9.17) is 5.10 Å². The van der Waals surface area contributed by atoms with Gasteiger partial charge in [-0.15, -0.1) is 33.3 Å². The molecule has 0 spiro atoms. The van der Waals surface area contributed by atoms with Crippen LogP contribution < -0.4 is 5.32 Å². The summed E-state index contributed by atoms with van der Waals surface area (Å²) in [6, 6.07) is 25.7. The largest absolute Gasteiger partial charge is 0.325 e. The molecule has 0 aliphatic carbocycles. The number of fused-ring (bicyclic) bond motifs is 1. The summed E-state index contributed by atoms with van der Waals surface area (Å²) < 4.78 is 1.76. The second-order valence-electron chi connectivity index (χ2n) is 7.10. The van der Waals surface area contributed by atoms with Crippen LogP contribution in [0.4, 0.5) is 5.69 Å². The number of thioether (sulfide) groups is 1. The van der Waals surface area contributed by atoms with E-state index in [9.17, 15) is 4.79 Å². The number of anilines is 1. The Kier molecular flexibility index (Phi) is 5.96. The van der Waals surface area contributed by atoms with Gasteiger partial charge in [-0.05, 0) is 41.3 Å². The topological polar surface area (TPSA) is 72.2 Å². The Hall–Kier alpha value is -3.49. The van der Waals surface area contributed by atoms with Gasteiger partial charge in [0.1, 0.15) is 0 Å². The van der Waals surface area contributed by atoms with Crippen molar-refractivity contribution in [3.63, 3.8) is 0 Å². The van der Waals surface area contributed by atoms with Crippen molar-refractivity contribution in [1.29, 1.82) is 0 Å². The van der Waals surface area contributed by atoms with E-state index in [2.05, 4.69) is 27.6 Å². The summed E-state index contributed by atoms with van der Waals surface area (Å²) in [7, 11) is 0. The molecule has 3 heterocycles. The Morgan fingerprint density at radius 3 is 2.72 bits per heavy atom. The van der Waals surface area contributed by atoms with E-state index in [0.29, 0.717) is 11.4 Å². The van der Waals surface area contributed by atoms with Gasteiger partial charge in [0.05, 0.1) is 16.3 Å². The Balaban J connectivity index is 1.30. The smallest absolute Gasteiger partial charge is 0.234 e. The monoisotopic (exact) mass is 457 g/mol. The van der Waals surface area contributed by atoms with Gasteiger partial charge in [0, 0.05) is 17.0 Å². The van der Waals surface area contributed by atoms with E-state index in [1.807, 2.05) is 72.1 Å². The number of hydrogen-bond donors (Lipinski definition) is 1. The van der Waals surface area contributed by atoms with Crippen molar-refractivity contribution in [2.24, 2.45) is 0 Å². The van der Waals surface area contributed by atoms with Crippen molar-refractivity contribution < 1.29 is 4.79 Å². The van der Waals surface area contributed by atoms with E-state index in [1.165, 1.54) is 5.56 Å². The lowest BCUT2D eigenvalue weighted by molar-refractivity contribution is -0.113. The number of carbonyl (C=O) groups excluding carboxylic acids is 1. The highest BCUT2D eigenvalue weighted by atomic mass is 32.2. The highest BCUT2D eigenvalue weighted by molar-refractivity contribution is 7.99. The number of amides is 1. The lowest BCUT2D eigenvalue weighted by Crippen LogP contribution is -2.14. The molecule has 5 aromatic rings. The fourth-order valence-corrected chi connectivity index (χ4v) is 4.77. The average Bonchev–Trinajstić information content (AvgIpc) is 3.49. The molecule has 0 radical (unpaired) electrons. The second kappa shape index (κ2) is 9.33. The second-order valence-corrected chi connectivity index (χ2v) is 9.03. The van der Waals surface area contributed by atoms with E-state index in [0.717, 1.165) is 33.4 Å². The van der Waals surface area contributed by atoms with Crippen LogP contribution in [0, 0.1) is 0 Å². The van der Waals surface area contributed by atoms with E-state index >= 15 is 0 Å². The molecule has 1 N–H and O–H groups in total. The third kappa shape index (κ3) is 4.56. The molecular formula is C24H19N5OS2. The Morgan fingerprint density at radius 2 is 1.88 bits per heavy atom. The first kappa shape index (κ1) is 20.4. The van der Waals surface area contributed by atoms with Crippen molar-refractivity contribution in [2.75, 3.05) is 11.1 Å². The molecule has 0 aliphatic rings. The van der Waals surface area contributed by atoms with Gasteiger partial charge in [0.15, 0.2) is 11.5 Å². The van der Waals surface area contributed by atoms with Crippen molar-refractivity contribution in [2.45, 2.75) is 5.75 Å². The number of nitrogens with one attached hydrogen (secondary N) is 1. The van der Waals surface area contributed by atoms with Gasteiger partial charge < -0.3 is 5.32 Å². The number of nitrogens with zero attached hydrogens (tertiary/aromatic N) is 4. The van der Waals surface area contributed by atoms with Crippen LogP contribution >= 0.6 is 23.1 Å². The number of hydrogen-bond acceptors (Lipinski definition) is 6. The lowest BCUT2D eigenvalue weighted by Gasteiger charge is -2.08. The van der Waals surface area contributed by atoms with E-state index in [-0.39, 0.29) is 5.91 Å². The highest BCUT2D eigenvalue weighted by Crippen LogP contribution is 2.25. The molecule has 6 nitrogen and oxygen atoms in total. The van der Waals surface area contributed by atoms with Crippen LogP contribution in [-0.4, -0.2) is 31.5 Å². The molecule has 1 amide bonds. The van der Waals surface area contributed by atoms with Crippen LogP contribution in [0.3, 0.4) is 0 Å². The van der Waals surface area contributed by atoms with Crippen molar-refractivity contribution in [3.05, 3.63) is 89.8 Å². The highest BCUT2D eigenvalue weighted by Gasteiger charge is 2.12. The molecule has 2 aromatic carbocycles. The Morgan fingerprint density at radius 1 is 0.969 bits per heavy atom. The van der Waals surface area contributed by atoms with E-state index in [1.54, 1.807) is 27.6 Å². The van der Waals surface area contributed by atoms with Crippen LogP contribution in [0.25, 0.3) is 27.6 Å². The Labute approximate surface area is 193 Å². The van der Waals surface area contributed by atoms with E-state index < -0.39 is 0 Å². The zero-order valence-electron chi connectivity index (χ0n) is 17.0. The van der Waals surface area contributed by atoms with Gasteiger partial charge >= 0.3 is 0 Å². The number of thiophene rings is 1. The van der Waals surface area contributed by atoms with Crippen molar-refractivity contribution in [3.8, 4) is 22.0 Å². The zero-order chi connectivity index (χ0) is 21.8. The predicted octanol–water partition coefficient (Wildman–Crippen LogP) is 5.39. The molecule has 0 saturated carbocycles. The first-order chi connectivity index (χ1) is 15.8. The Bertz CT molecular complexity index is 1350. The van der Waals surface area contributed by atoms with Crippen LogP contribution in [-0.2, 0) is 10.5 Å². The molecule has 8 heteroatoms. The standard InChI is InChI=1S/C24H19N5OS2/c30-23(16-31-15-17-6-2-1-3-7-17)25-19-9-4-8-18(14-19)20-11-12-22-26-27-24(29(22)28-20)21-10-5-13-32-21/h1-14H,15-16H2,(H,25,30). The molecule has 32 heavy (non-hydrogen) atoms.